The standard InChI is InChI=1S/C14H14N2O3S3/c1-16(2)9-15-22(19)13-8-7-12(21-13)20-11-5-3-10(4-6-11)14(17)18/h3-9H,1-2H3,(H,17,18)/b15-9+. The van der Waals surface area contributed by atoms with Crippen molar-refractivity contribution >= 4 is 46.4 Å². The average Bonchev–Trinajstić information content (AvgIpc) is 2.94. The molecule has 0 saturated carbocycles. The second-order valence-electron chi connectivity index (χ2n) is 4.44. The lowest BCUT2D eigenvalue weighted by atomic mass is 10.2. The number of carboxylic acids is 1. The van der Waals surface area contributed by atoms with Crippen molar-refractivity contribution in [3.8, 4) is 0 Å². The van der Waals surface area contributed by atoms with Crippen LogP contribution in [0.4, 0.5) is 0 Å². The smallest absolute Gasteiger partial charge is 0.335 e. The van der Waals surface area contributed by atoms with Crippen LogP contribution in [0.1, 0.15) is 10.4 Å². The zero-order valence-corrected chi connectivity index (χ0v) is 14.4. The molecule has 0 bridgehead atoms. The van der Waals surface area contributed by atoms with Crippen LogP contribution in [0.25, 0.3) is 0 Å². The molecular formula is C14H14N2O3S3. The van der Waals surface area contributed by atoms with E-state index in [0.29, 0.717) is 4.21 Å². The molecule has 1 aromatic carbocycles. The Balaban J connectivity index is 2.05. The Morgan fingerprint density at radius 1 is 1.27 bits per heavy atom. The van der Waals surface area contributed by atoms with Crippen molar-refractivity contribution in [2.24, 2.45) is 4.40 Å². The summed E-state index contributed by atoms with van der Waals surface area (Å²) in [6.07, 6.45) is 1.52. The molecule has 0 radical (unpaired) electrons. The minimum Gasteiger partial charge on any atom is -0.478 e. The summed E-state index contributed by atoms with van der Waals surface area (Å²) in [7, 11) is 2.24. The third kappa shape index (κ3) is 4.69. The Bertz CT molecular complexity index is 708. The van der Waals surface area contributed by atoms with Gasteiger partial charge in [0.25, 0.3) is 0 Å². The van der Waals surface area contributed by atoms with E-state index >= 15 is 0 Å². The van der Waals surface area contributed by atoms with Gasteiger partial charge in [-0.15, -0.1) is 11.3 Å². The van der Waals surface area contributed by atoms with Crippen LogP contribution in [0.3, 0.4) is 0 Å². The normalized spacial score (nSPS) is 12.5. The molecule has 5 nitrogen and oxygen atoms in total. The molecule has 2 aromatic rings. The average molecular weight is 354 g/mol. The Kier molecular flexibility index (Phi) is 5.76. The monoisotopic (exact) mass is 354 g/mol. The summed E-state index contributed by atoms with van der Waals surface area (Å²) in [5.74, 6) is -0.941. The van der Waals surface area contributed by atoms with Gasteiger partial charge in [-0.3, -0.25) is 0 Å². The van der Waals surface area contributed by atoms with Crippen LogP contribution in [0.2, 0.25) is 0 Å². The predicted octanol–water partition coefficient (Wildman–Crippen LogP) is 3.21. The summed E-state index contributed by atoms with van der Waals surface area (Å²) < 4.78 is 17.6. The predicted molar refractivity (Wildman–Crippen MR) is 90.4 cm³/mol. The molecule has 0 aliphatic rings. The molecule has 22 heavy (non-hydrogen) atoms. The summed E-state index contributed by atoms with van der Waals surface area (Å²) >= 11 is 2.91. The summed E-state index contributed by atoms with van der Waals surface area (Å²) in [5, 5.41) is 8.86. The molecule has 1 aromatic heterocycles. The van der Waals surface area contributed by atoms with E-state index in [1.165, 1.54) is 29.4 Å². The van der Waals surface area contributed by atoms with Crippen LogP contribution in [0.5, 0.6) is 0 Å². The van der Waals surface area contributed by atoms with Gasteiger partial charge >= 0.3 is 5.97 Å². The van der Waals surface area contributed by atoms with Crippen molar-refractivity contribution in [1.29, 1.82) is 0 Å². The Hall–Kier alpha value is -1.64. The van der Waals surface area contributed by atoms with Gasteiger partial charge in [-0.25, -0.2) is 9.00 Å². The minimum atomic E-state index is -1.40. The first kappa shape index (κ1) is 16.7. The maximum atomic E-state index is 12.0. The second-order valence-corrected chi connectivity index (χ2v) is 8.30. The topological polar surface area (TPSA) is 70.0 Å². The first-order chi connectivity index (χ1) is 10.5. The molecule has 0 aliphatic carbocycles. The summed E-state index contributed by atoms with van der Waals surface area (Å²) in [6, 6.07) is 10.3. The van der Waals surface area contributed by atoms with Crippen LogP contribution in [-0.4, -0.2) is 40.6 Å². The van der Waals surface area contributed by atoms with Crippen molar-refractivity contribution in [2.75, 3.05) is 14.1 Å². The number of hydrogen-bond donors (Lipinski definition) is 1. The molecule has 0 aliphatic heterocycles. The van der Waals surface area contributed by atoms with Crippen molar-refractivity contribution in [2.45, 2.75) is 13.3 Å². The molecule has 1 heterocycles. The molecule has 0 spiro atoms. The van der Waals surface area contributed by atoms with Crippen LogP contribution in [0.15, 0.2) is 54.1 Å². The molecule has 1 N–H and O–H groups in total. The maximum absolute atomic E-state index is 12.0. The van der Waals surface area contributed by atoms with E-state index in [4.69, 9.17) is 5.11 Å². The van der Waals surface area contributed by atoms with E-state index in [-0.39, 0.29) is 5.56 Å². The third-order valence-electron chi connectivity index (χ3n) is 2.42. The van der Waals surface area contributed by atoms with Gasteiger partial charge in [0.05, 0.1) is 9.77 Å². The van der Waals surface area contributed by atoms with E-state index in [0.717, 1.165) is 9.10 Å². The van der Waals surface area contributed by atoms with Gasteiger partial charge in [0.15, 0.2) is 11.0 Å². The Morgan fingerprint density at radius 2 is 1.95 bits per heavy atom. The quantitative estimate of drug-likeness (QED) is 0.637. The van der Waals surface area contributed by atoms with Gasteiger partial charge in [0, 0.05) is 19.0 Å². The summed E-state index contributed by atoms with van der Waals surface area (Å²) in [5.41, 5.74) is 0.260. The lowest BCUT2D eigenvalue weighted by Gasteiger charge is -2.01. The SMILES string of the molecule is CN(C)/C=N/S(=O)c1ccc(Sc2ccc(C(=O)O)cc2)s1. The number of nitrogens with zero attached hydrogens (tertiary/aromatic N) is 2. The second kappa shape index (κ2) is 7.57. The molecule has 116 valence electrons. The molecule has 1 unspecified atom stereocenters. The van der Waals surface area contributed by atoms with Crippen LogP contribution in [0, 0.1) is 0 Å². The fourth-order valence-electron chi connectivity index (χ4n) is 1.42. The largest absolute Gasteiger partial charge is 0.478 e. The Labute approximate surface area is 139 Å². The molecular weight excluding hydrogens is 340 g/mol. The van der Waals surface area contributed by atoms with Crippen molar-refractivity contribution in [1.82, 2.24) is 4.90 Å². The summed E-state index contributed by atoms with van der Waals surface area (Å²) in [6.45, 7) is 0. The van der Waals surface area contributed by atoms with Crippen molar-refractivity contribution in [3.63, 3.8) is 0 Å². The molecule has 8 heteroatoms. The molecule has 1 atom stereocenters. The zero-order valence-electron chi connectivity index (χ0n) is 11.9. The van der Waals surface area contributed by atoms with E-state index < -0.39 is 17.0 Å². The maximum Gasteiger partial charge on any atom is 0.335 e. The van der Waals surface area contributed by atoms with Crippen molar-refractivity contribution < 1.29 is 14.1 Å². The first-order valence-corrected chi connectivity index (χ1v) is 8.93. The molecule has 0 fully saturated rings. The lowest BCUT2D eigenvalue weighted by molar-refractivity contribution is 0.0697. The zero-order chi connectivity index (χ0) is 16.1. The van der Waals surface area contributed by atoms with Gasteiger partial charge in [-0.05, 0) is 36.4 Å². The number of rotatable bonds is 6. The highest BCUT2D eigenvalue weighted by atomic mass is 32.2. The molecule has 0 amide bonds. The van der Waals surface area contributed by atoms with Crippen LogP contribution < -0.4 is 0 Å². The van der Waals surface area contributed by atoms with Gasteiger partial charge in [-0.1, -0.05) is 11.8 Å². The third-order valence-corrected chi connectivity index (χ3v) is 5.89. The van der Waals surface area contributed by atoms with Crippen LogP contribution >= 0.6 is 23.1 Å². The number of carboxylic acid groups (broad SMARTS) is 1. The first-order valence-electron chi connectivity index (χ1n) is 6.19. The highest BCUT2D eigenvalue weighted by Gasteiger charge is 2.08. The number of thiophene rings is 1. The van der Waals surface area contributed by atoms with Crippen molar-refractivity contribution in [3.05, 3.63) is 42.0 Å². The highest BCUT2D eigenvalue weighted by Crippen LogP contribution is 2.34. The van der Waals surface area contributed by atoms with Gasteiger partial charge in [0.1, 0.15) is 10.5 Å². The number of aromatic carboxylic acids is 1. The van der Waals surface area contributed by atoms with Gasteiger partial charge < -0.3 is 10.0 Å². The van der Waals surface area contributed by atoms with Crippen LogP contribution in [-0.2, 0) is 11.0 Å². The number of benzene rings is 1. The minimum absolute atomic E-state index is 0.260. The fourth-order valence-corrected chi connectivity index (χ4v) is 4.66. The van der Waals surface area contributed by atoms with E-state index in [9.17, 15) is 9.00 Å². The van der Waals surface area contributed by atoms with E-state index in [1.807, 2.05) is 20.2 Å². The summed E-state index contributed by atoms with van der Waals surface area (Å²) in [4.78, 5) is 13.5. The van der Waals surface area contributed by atoms with Gasteiger partial charge in [-0.2, -0.15) is 4.40 Å². The van der Waals surface area contributed by atoms with E-state index in [2.05, 4.69) is 4.40 Å². The Morgan fingerprint density at radius 3 is 2.55 bits per heavy atom. The fraction of sp³-hybridized carbons (Fsp3) is 0.143. The highest BCUT2D eigenvalue weighted by molar-refractivity contribution is 8.01. The number of hydrogen-bond acceptors (Lipinski definition) is 4. The lowest BCUT2D eigenvalue weighted by Crippen LogP contribution is -2.08. The van der Waals surface area contributed by atoms with Gasteiger partial charge in [0.2, 0.25) is 0 Å². The molecule has 2 rings (SSSR count). The van der Waals surface area contributed by atoms with E-state index in [1.54, 1.807) is 35.2 Å². The number of carbonyl (C=O) groups is 1. The molecule has 0 saturated heterocycles.